The van der Waals surface area contributed by atoms with Gasteiger partial charge >= 0.3 is 0 Å². The Labute approximate surface area is 125 Å². The standard InChI is InChI=1S/C18H21FN2/c19-16-6-3-7-17(12-16)21(10-4-9-20)13-15-11-14-5-1-2-8-18(14)15/h1-3,5-8,12,15H,4,9-11,13,20H2. The SMILES string of the molecule is NCCCN(CC1Cc2ccccc21)c1cccc(F)c1. The molecule has 1 aliphatic carbocycles. The number of hydrogen-bond acceptors (Lipinski definition) is 2. The molecule has 0 fully saturated rings. The van der Waals surface area contributed by atoms with Gasteiger partial charge in [-0.3, -0.25) is 0 Å². The first-order valence-corrected chi connectivity index (χ1v) is 7.56. The summed E-state index contributed by atoms with van der Waals surface area (Å²) in [5, 5.41) is 0. The van der Waals surface area contributed by atoms with E-state index in [-0.39, 0.29) is 5.82 Å². The van der Waals surface area contributed by atoms with E-state index in [4.69, 9.17) is 5.73 Å². The van der Waals surface area contributed by atoms with E-state index in [1.165, 1.54) is 17.2 Å². The van der Waals surface area contributed by atoms with Crippen molar-refractivity contribution in [2.24, 2.45) is 5.73 Å². The van der Waals surface area contributed by atoms with Crippen LogP contribution in [0.2, 0.25) is 0 Å². The van der Waals surface area contributed by atoms with Gasteiger partial charge in [0.1, 0.15) is 5.82 Å². The van der Waals surface area contributed by atoms with E-state index >= 15 is 0 Å². The average molecular weight is 284 g/mol. The third-order valence-corrected chi connectivity index (χ3v) is 4.21. The molecule has 0 radical (unpaired) electrons. The summed E-state index contributed by atoms with van der Waals surface area (Å²) >= 11 is 0. The summed E-state index contributed by atoms with van der Waals surface area (Å²) in [5.41, 5.74) is 9.47. The van der Waals surface area contributed by atoms with Gasteiger partial charge in [0.15, 0.2) is 0 Å². The predicted octanol–water partition coefficient (Wildman–Crippen LogP) is 3.32. The lowest BCUT2D eigenvalue weighted by Crippen LogP contribution is -2.35. The number of anilines is 1. The number of halogens is 1. The normalized spacial score (nSPS) is 16.2. The van der Waals surface area contributed by atoms with Gasteiger partial charge in [-0.15, -0.1) is 0 Å². The molecular weight excluding hydrogens is 263 g/mol. The Morgan fingerprint density at radius 2 is 2.00 bits per heavy atom. The lowest BCUT2D eigenvalue weighted by molar-refractivity contribution is 0.573. The molecule has 21 heavy (non-hydrogen) atoms. The highest BCUT2D eigenvalue weighted by molar-refractivity contribution is 5.49. The fourth-order valence-electron chi connectivity index (χ4n) is 3.07. The van der Waals surface area contributed by atoms with Gasteiger partial charge in [-0.2, -0.15) is 0 Å². The zero-order valence-electron chi connectivity index (χ0n) is 12.1. The predicted molar refractivity (Wildman–Crippen MR) is 85.2 cm³/mol. The van der Waals surface area contributed by atoms with E-state index in [1.54, 1.807) is 12.1 Å². The Bertz CT molecular complexity index is 612. The van der Waals surface area contributed by atoms with Gasteiger partial charge in [0.25, 0.3) is 0 Å². The topological polar surface area (TPSA) is 29.3 Å². The van der Waals surface area contributed by atoms with Crippen molar-refractivity contribution < 1.29 is 4.39 Å². The van der Waals surface area contributed by atoms with Crippen molar-refractivity contribution >= 4 is 5.69 Å². The van der Waals surface area contributed by atoms with E-state index in [0.29, 0.717) is 12.5 Å². The van der Waals surface area contributed by atoms with Crippen LogP contribution in [0.25, 0.3) is 0 Å². The molecule has 1 aliphatic rings. The Kier molecular flexibility index (Phi) is 4.20. The zero-order valence-corrected chi connectivity index (χ0v) is 12.1. The van der Waals surface area contributed by atoms with Gasteiger partial charge in [-0.1, -0.05) is 30.3 Å². The highest BCUT2D eigenvalue weighted by atomic mass is 19.1. The maximum Gasteiger partial charge on any atom is 0.125 e. The fourth-order valence-corrected chi connectivity index (χ4v) is 3.07. The van der Waals surface area contributed by atoms with Crippen molar-refractivity contribution in [3.05, 3.63) is 65.5 Å². The molecule has 0 saturated heterocycles. The highest BCUT2D eigenvalue weighted by Gasteiger charge is 2.27. The van der Waals surface area contributed by atoms with Gasteiger partial charge < -0.3 is 10.6 Å². The number of nitrogens with two attached hydrogens (primary N) is 1. The molecule has 2 aromatic carbocycles. The maximum absolute atomic E-state index is 13.5. The second-order valence-electron chi connectivity index (χ2n) is 5.67. The molecule has 2 nitrogen and oxygen atoms in total. The summed E-state index contributed by atoms with van der Waals surface area (Å²) in [6.45, 7) is 2.46. The van der Waals surface area contributed by atoms with Gasteiger partial charge in [0.2, 0.25) is 0 Å². The van der Waals surface area contributed by atoms with Crippen LogP contribution in [0.4, 0.5) is 10.1 Å². The molecule has 110 valence electrons. The third-order valence-electron chi connectivity index (χ3n) is 4.21. The molecule has 0 aliphatic heterocycles. The smallest absolute Gasteiger partial charge is 0.125 e. The molecule has 2 aromatic rings. The largest absolute Gasteiger partial charge is 0.371 e. The van der Waals surface area contributed by atoms with Crippen LogP contribution in [0, 0.1) is 5.82 Å². The monoisotopic (exact) mass is 284 g/mol. The van der Waals surface area contributed by atoms with Gasteiger partial charge in [0, 0.05) is 24.7 Å². The molecule has 0 saturated carbocycles. The first-order chi connectivity index (χ1) is 10.3. The van der Waals surface area contributed by atoms with E-state index in [0.717, 1.165) is 31.6 Å². The zero-order chi connectivity index (χ0) is 14.7. The molecule has 2 N–H and O–H groups in total. The van der Waals surface area contributed by atoms with Crippen molar-refractivity contribution in [1.29, 1.82) is 0 Å². The molecule has 3 rings (SSSR count). The fraction of sp³-hybridized carbons (Fsp3) is 0.333. The first kappa shape index (κ1) is 14.1. The van der Waals surface area contributed by atoms with Crippen LogP contribution in [-0.2, 0) is 6.42 Å². The van der Waals surface area contributed by atoms with Crippen LogP contribution in [0.5, 0.6) is 0 Å². The van der Waals surface area contributed by atoms with Crippen molar-refractivity contribution in [1.82, 2.24) is 0 Å². The van der Waals surface area contributed by atoms with Crippen LogP contribution in [-0.4, -0.2) is 19.6 Å². The molecule has 0 spiro atoms. The van der Waals surface area contributed by atoms with Crippen molar-refractivity contribution in [3.8, 4) is 0 Å². The molecule has 0 heterocycles. The molecular formula is C18H21FN2. The van der Waals surface area contributed by atoms with Crippen LogP contribution in [0.1, 0.15) is 23.5 Å². The minimum absolute atomic E-state index is 0.181. The molecule has 1 unspecified atom stereocenters. The van der Waals surface area contributed by atoms with Crippen molar-refractivity contribution in [3.63, 3.8) is 0 Å². The van der Waals surface area contributed by atoms with Crippen LogP contribution in [0.3, 0.4) is 0 Å². The van der Waals surface area contributed by atoms with E-state index < -0.39 is 0 Å². The maximum atomic E-state index is 13.5. The highest BCUT2D eigenvalue weighted by Crippen LogP contribution is 2.36. The number of nitrogens with zero attached hydrogens (tertiary/aromatic N) is 1. The lowest BCUT2D eigenvalue weighted by Gasteiger charge is -2.36. The van der Waals surface area contributed by atoms with E-state index in [1.807, 2.05) is 6.07 Å². The number of hydrogen-bond donors (Lipinski definition) is 1. The second kappa shape index (κ2) is 6.27. The minimum Gasteiger partial charge on any atom is -0.371 e. The summed E-state index contributed by atoms with van der Waals surface area (Å²) in [4.78, 5) is 2.26. The van der Waals surface area contributed by atoms with Crippen molar-refractivity contribution in [2.45, 2.75) is 18.8 Å². The molecule has 1 atom stereocenters. The number of benzene rings is 2. The average Bonchev–Trinajstić information content (AvgIpc) is 2.48. The van der Waals surface area contributed by atoms with Crippen LogP contribution < -0.4 is 10.6 Å². The first-order valence-electron chi connectivity index (χ1n) is 7.56. The lowest BCUT2D eigenvalue weighted by atomic mass is 9.77. The number of rotatable bonds is 6. The van der Waals surface area contributed by atoms with E-state index in [9.17, 15) is 4.39 Å². The van der Waals surface area contributed by atoms with Gasteiger partial charge in [-0.05, 0) is 48.7 Å². The summed E-state index contributed by atoms with van der Waals surface area (Å²) in [7, 11) is 0. The van der Waals surface area contributed by atoms with Crippen LogP contribution >= 0.6 is 0 Å². The van der Waals surface area contributed by atoms with Gasteiger partial charge in [0.05, 0.1) is 0 Å². The number of fused-ring (bicyclic) bond motifs is 1. The molecule has 3 heteroatoms. The van der Waals surface area contributed by atoms with E-state index in [2.05, 4.69) is 29.2 Å². The summed E-state index contributed by atoms with van der Waals surface area (Å²) in [5.74, 6) is 0.362. The Balaban J connectivity index is 1.75. The van der Waals surface area contributed by atoms with Gasteiger partial charge in [-0.25, -0.2) is 4.39 Å². The Morgan fingerprint density at radius 1 is 1.14 bits per heavy atom. The summed E-state index contributed by atoms with van der Waals surface area (Å²) in [6, 6.07) is 15.4. The summed E-state index contributed by atoms with van der Waals surface area (Å²) in [6.07, 6.45) is 2.04. The minimum atomic E-state index is -0.181. The summed E-state index contributed by atoms with van der Waals surface area (Å²) < 4.78 is 13.5. The Hall–Kier alpha value is -1.87. The molecule has 0 bridgehead atoms. The second-order valence-corrected chi connectivity index (χ2v) is 5.67. The van der Waals surface area contributed by atoms with Crippen LogP contribution in [0.15, 0.2) is 48.5 Å². The quantitative estimate of drug-likeness (QED) is 0.881. The van der Waals surface area contributed by atoms with Crippen molar-refractivity contribution in [2.75, 3.05) is 24.5 Å². The molecule has 0 aromatic heterocycles. The Morgan fingerprint density at radius 3 is 2.76 bits per heavy atom. The third kappa shape index (κ3) is 3.08. The molecule has 0 amide bonds.